The largest absolute Gasteiger partial charge is 0.418 e. The molecule has 14 heteroatoms. The first-order valence-corrected chi connectivity index (χ1v) is 12.6. The van der Waals surface area contributed by atoms with Crippen LogP contribution in [0.2, 0.25) is 0 Å². The van der Waals surface area contributed by atoms with Gasteiger partial charge in [0.2, 0.25) is 0 Å². The van der Waals surface area contributed by atoms with Crippen molar-refractivity contribution in [1.29, 1.82) is 0 Å². The van der Waals surface area contributed by atoms with Crippen molar-refractivity contribution in [2.24, 2.45) is 0 Å². The fraction of sp³-hybridized carbons (Fsp3) is 0.450. The number of ether oxygens (including phenoxy) is 1. The van der Waals surface area contributed by atoms with Crippen molar-refractivity contribution in [3.8, 4) is 0 Å². The molecule has 0 N–H and O–H groups in total. The summed E-state index contributed by atoms with van der Waals surface area (Å²) in [6.45, 7) is 0.953. The summed E-state index contributed by atoms with van der Waals surface area (Å²) in [6, 6.07) is 3.76. The Morgan fingerprint density at radius 3 is 2.38 bits per heavy atom. The van der Waals surface area contributed by atoms with Crippen LogP contribution in [-0.2, 0) is 43.4 Å². The van der Waals surface area contributed by atoms with E-state index >= 15 is 0 Å². The summed E-state index contributed by atoms with van der Waals surface area (Å²) in [4.78, 5) is 3.13. The Balaban J connectivity index is 2.02. The van der Waals surface area contributed by atoms with Crippen LogP contribution in [-0.4, -0.2) is 33.2 Å². The van der Waals surface area contributed by atoms with Crippen LogP contribution in [0.1, 0.15) is 48.3 Å². The van der Waals surface area contributed by atoms with E-state index in [4.69, 9.17) is 4.74 Å². The second-order valence-corrected chi connectivity index (χ2v) is 11.5. The van der Waals surface area contributed by atoms with Gasteiger partial charge in [0, 0.05) is 12.8 Å². The zero-order valence-corrected chi connectivity index (χ0v) is 19.2. The number of hydrogen-bond donors (Lipinski definition) is 1. The lowest BCUT2D eigenvalue weighted by atomic mass is 9.92. The minimum Gasteiger partial charge on any atom is -0.372 e. The van der Waals surface area contributed by atoms with Gasteiger partial charge < -0.3 is 4.74 Å². The Bertz CT molecular complexity index is 1250. The first-order valence-electron chi connectivity index (χ1n) is 9.76. The van der Waals surface area contributed by atoms with Crippen LogP contribution >= 0.6 is 0 Å². The molecule has 2 unspecified atom stereocenters. The van der Waals surface area contributed by atoms with Crippen LogP contribution in [0.4, 0.5) is 26.3 Å². The molecule has 1 aromatic heterocycles. The van der Waals surface area contributed by atoms with Crippen molar-refractivity contribution in [2.75, 3.05) is 6.61 Å². The number of nitrogens with zero attached hydrogens (tertiary/aromatic N) is 1. The third-order valence-corrected chi connectivity index (χ3v) is 8.75. The topological polar surface area (TPSA) is 90.4 Å². The van der Waals surface area contributed by atoms with Gasteiger partial charge >= 0.3 is 12.4 Å². The van der Waals surface area contributed by atoms with Crippen molar-refractivity contribution < 1.29 is 47.9 Å². The van der Waals surface area contributed by atoms with Crippen molar-refractivity contribution in [1.82, 2.24) is 4.98 Å². The second-order valence-electron chi connectivity index (χ2n) is 8.06. The highest BCUT2D eigenvalue weighted by atomic mass is 32.2. The van der Waals surface area contributed by atoms with Gasteiger partial charge in [0.05, 0.1) is 32.2 Å². The van der Waals surface area contributed by atoms with Gasteiger partial charge in [0.25, 0.3) is 0 Å². The van der Waals surface area contributed by atoms with Gasteiger partial charge in [-0.1, -0.05) is 6.07 Å². The number of halogens is 6. The summed E-state index contributed by atoms with van der Waals surface area (Å²) >= 11 is 0. The van der Waals surface area contributed by atoms with E-state index in [1.807, 2.05) is 0 Å². The molecule has 6 nitrogen and oxygen atoms in total. The molecule has 1 aromatic carbocycles. The van der Waals surface area contributed by atoms with E-state index in [1.165, 1.54) is 6.92 Å². The molecule has 3 rings (SSSR count). The van der Waals surface area contributed by atoms with Crippen molar-refractivity contribution in [3.63, 3.8) is 0 Å². The van der Waals surface area contributed by atoms with Crippen molar-refractivity contribution in [2.45, 2.75) is 53.6 Å². The highest BCUT2D eigenvalue weighted by Crippen LogP contribution is 2.45. The number of sulfone groups is 1. The fourth-order valence-electron chi connectivity index (χ4n) is 3.75. The minimum absolute atomic E-state index is 0.168. The minimum atomic E-state index is -4.94. The van der Waals surface area contributed by atoms with Gasteiger partial charge in [-0.25, -0.2) is 16.8 Å². The Labute approximate surface area is 192 Å². The van der Waals surface area contributed by atoms with E-state index in [0.717, 1.165) is 18.3 Å². The summed E-state index contributed by atoms with van der Waals surface area (Å²) < 4.78 is 132. The maximum Gasteiger partial charge on any atom is 0.418 e. The maximum atomic E-state index is 13.7. The average molecular weight is 531 g/mol. The van der Waals surface area contributed by atoms with Crippen LogP contribution < -0.4 is 0 Å². The van der Waals surface area contributed by atoms with E-state index in [9.17, 15) is 43.2 Å². The number of hydrogen-bond acceptors (Lipinski definition) is 6. The molecule has 2 heterocycles. The first kappa shape index (κ1) is 26.4. The standard InChI is InChI=1S/C20H19F6NO5S2/c1-18(34(30,31)14-4-2-3-13(8-14)19(21,22)23)5-6-32-16(9-18)17-15(20(24,25)26)7-12(10-27-17)11-33(28)29/h2-4,7-8,10,16,33H,5-6,9,11H2,1H3. The highest BCUT2D eigenvalue weighted by molar-refractivity contribution is 7.92. The third kappa shape index (κ3) is 5.38. The molecule has 0 aliphatic carbocycles. The smallest absolute Gasteiger partial charge is 0.372 e. The van der Waals surface area contributed by atoms with E-state index in [1.54, 1.807) is 0 Å². The molecule has 188 valence electrons. The predicted molar refractivity (Wildman–Crippen MR) is 108 cm³/mol. The molecule has 34 heavy (non-hydrogen) atoms. The highest BCUT2D eigenvalue weighted by Gasteiger charge is 2.48. The Morgan fingerprint density at radius 1 is 1.12 bits per heavy atom. The van der Waals surface area contributed by atoms with Crippen LogP contribution in [0.25, 0.3) is 0 Å². The number of pyridine rings is 1. The molecule has 2 atom stereocenters. The molecule has 0 spiro atoms. The number of aromatic nitrogens is 1. The molecule has 0 saturated carbocycles. The summed E-state index contributed by atoms with van der Waals surface area (Å²) in [5, 5.41) is 0. The first-order chi connectivity index (χ1) is 15.5. The molecule has 1 aliphatic heterocycles. The fourth-order valence-corrected chi connectivity index (χ4v) is 6.05. The number of alkyl halides is 6. The van der Waals surface area contributed by atoms with E-state index in [-0.39, 0.29) is 18.6 Å². The van der Waals surface area contributed by atoms with Crippen molar-refractivity contribution >= 4 is 20.5 Å². The summed E-state index contributed by atoms with van der Waals surface area (Å²) in [6.07, 6.45) is -10.9. The molecule has 1 saturated heterocycles. The molecular weight excluding hydrogens is 512 g/mol. The molecule has 0 radical (unpaired) electrons. The van der Waals surface area contributed by atoms with Gasteiger partial charge in [-0.05, 0) is 49.6 Å². The zero-order chi connectivity index (χ0) is 25.5. The number of rotatable bonds is 5. The molecule has 0 bridgehead atoms. The average Bonchev–Trinajstić information content (AvgIpc) is 2.72. The van der Waals surface area contributed by atoms with E-state index in [0.29, 0.717) is 18.2 Å². The lowest BCUT2D eigenvalue weighted by molar-refractivity contribution is -0.140. The third-order valence-electron chi connectivity index (χ3n) is 5.58. The van der Waals surface area contributed by atoms with Crippen LogP contribution in [0.15, 0.2) is 41.4 Å². The molecule has 1 fully saturated rings. The summed E-state index contributed by atoms with van der Waals surface area (Å²) in [7, 11) is -7.44. The molecule has 1 aliphatic rings. The van der Waals surface area contributed by atoms with Gasteiger partial charge in [-0.2, -0.15) is 26.3 Å². The van der Waals surface area contributed by atoms with Gasteiger partial charge in [0.1, 0.15) is 16.8 Å². The van der Waals surface area contributed by atoms with E-state index in [2.05, 4.69) is 4.98 Å². The van der Waals surface area contributed by atoms with Gasteiger partial charge in [-0.3, -0.25) is 4.98 Å². The molecule has 0 amide bonds. The van der Waals surface area contributed by atoms with E-state index < -0.39 is 77.6 Å². The summed E-state index contributed by atoms with van der Waals surface area (Å²) in [5.41, 5.74) is -3.27. The maximum absolute atomic E-state index is 13.7. The Kier molecular flexibility index (Phi) is 7.08. The zero-order valence-electron chi connectivity index (χ0n) is 17.5. The molecule has 2 aromatic rings. The Hall–Kier alpha value is -2.19. The monoisotopic (exact) mass is 531 g/mol. The van der Waals surface area contributed by atoms with Crippen LogP contribution in [0.5, 0.6) is 0 Å². The summed E-state index contributed by atoms with van der Waals surface area (Å²) in [5.74, 6) is -0.668. The van der Waals surface area contributed by atoms with Crippen LogP contribution in [0, 0.1) is 0 Å². The predicted octanol–water partition coefficient (Wildman–Crippen LogP) is 4.31. The lowest BCUT2D eigenvalue weighted by Gasteiger charge is -2.38. The van der Waals surface area contributed by atoms with Crippen LogP contribution in [0.3, 0.4) is 0 Å². The van der Waals surface area contributed by atoms with Gasteiger partial charge in [-0.15, -0.1) is 0 Å². The molecular formula is C20H19F6NO5S2. The number of benzene rings is 1. The van der Waals surface area contributed by atoms with Gasteiger partial charge in [0.15, 0.2) is 9.84 Å². The van der Waals surface area contributed by atoms with Crippen molar-refractivity contribution in [3.05, 3.63) is 58.9 Å². The second kappa shape index (κ2) is 9.11. The quantitative estimate of drug-likeness (QED) is 0.457. The normalized spacial score (nSPS) is 22.2. The number of thiol groups is 1. The SMILES string of the molecule is CC1(S(=O)(=O)c2cccc(C(F)(F)F)c2)CCOC(c2ncc(C[SH](=O)=O)cc2C(F)(F)F)C1. The lowest BCUT2D eigenvalue weighted by Crippen LogP contribution is -2.42. The Morgan fingerprint density at radius 2 is 1.79 bits per heavy atom.